The number of halogens is 4. The van der Waals surface area contributed by atoms with Crippen molar-refractivity contribution in [3.8, 4) is 0 Å². The summed E-state index contributed by atoms with van der Waals surface area (Å²) < 4.78 is 38.2. The zero-order valence-electron chi connectivity index (χ0n) is 9.62. The van der Waals surface area contributed by atoms with Gasteiger partial charge >= 0.3 is 6.18 Å². The number of rotatable bonds is 3. The molecule has 0 amide bonds. The molecule has 2 aromatic heterocycles. The van der Waals surface area contributed by atoms with Crippen molar-refractivity contribution >= 4 is 27.3 Å². The molecular formula is C12H10BrF3N2S. The van der Waals surface area contributed by atoms with E-state index in [0.29, 0.717) is 12.1 Å². The Morgan fingerprint density at radius 2 is 2.00 bits per heavy atom. The maximum atomic E-state index is 12.4. The van der Waals surface area contributed by atoms with Crippen LogP contribution < -0.4 is 5.73 Å². The van der Waals surface area contributed by atoms with Crippen molar-refractivity contribution < 1.29 is 13.2 Å². The van der Waals surface area contributed by atoms with E-state index >= 15 is 0 Å². The zero-order valence-corrected chi connectivity index (χ0v) is 12.0. The van der Waals surface area contributed by atoms with Gasteiger partial charge in [-0.15, -0.1) is 11.3 Å². The van der Waals surface area contributed by atoms with Crippen LogP contribution in [0.5, 0.6) is 0 Å². The van der Waals surface area contributed by atoms with Gasteiger partial charge in [-0.3, -0.25) is 4.98 Å². The predicted octanol–water partition coefficient (Wildman–Crippen LogP) is 4.17. The molecule has 102 valence electrons. The van der Waals surface area contributed by atoms with Gasteiger partial charge in [-0.25, -0.2) is 0 Å². The normalized spacial score (nSPS) is 13.5. The molecule has 2 rings (SSSR count). The molecule has 0 bridgehead atoms. The quantitative estimate of drug-likeness (QED) is 0.902. The molecule has 1 atom stereocenters. The highest BCUT2D eigenvalue weighted by molar-refractivity contribution is 9.11. The lowest BCUT2D eigenvalue weighted by atomic mass is 10.1. The van der Waals surface area contributed by atoms with Crippen molar-refractivity contribution in [3.05, 3.63) is 50.4 Å². The van der Waals surface area contributed by atoms with Gasteiger partial charge in [0.05, 0.1) is 21.1 Å². The van der Waals surface area contributed by atoms with Gasteiger partial charge < -0.3 is 5.73 Å². The largest absolute Gasteiger partial charge is 0.417 e. The Kier molecular flexibility index (Phi) is 4.27. The maximum Gasteiger partial charge on any atom is 0.417 e. The van der Waals surface area contributed by atoms with Crippen LogP contribution in [0.2, 0.25) is 0 Å². The van der Waals surface area contributed by atoms with Crippen molar-refractivity contribution in [1.29, 1.82) is 0 Å². The summed E-state index contributed by atoms with van der Waals surface area (Å²) in [5.41, 5.74) is 5.64. The zero-order chi connectivity index (χ0) is 14.0. The second-order valence-electron chi connectivity index (χ2n) is 3.99. The first kappa shape index (κ1) is 14.5. The first-order valence-electron chi connectivity index (χ1n) is 5.39. The first-order valence-corrected chi connectivity index (χ1v) is 7.00. The highest BCUT2D eigenvalue weighted by Crippen LogP contribution is 2.29. The van der Waals surface area contributed by atoms with Crippen molar-refractivity contribution in [2.75, 3.05) is 0 Å². The van der Waals surface area contributed by atoms with Gasteiger partial charge in [-0.1, -0.05) is 0 Å². The second-order valence-corrected chi connectivity index (χ2v) is 6.53. The van der Waals surface area contributed by atoms with Gasteiger partial charge in [0.1, 0.15) is 0 Å². The monoisotopic (exact) mass is 350 g/mol. The lowest BCUT2D eigenvalue weighted by molar-refractivity contribution is -0.137. The standard InChI is InChI=1S/C12H10BrF3N2S/c13-11-4-2-8(19-11)5-9(17)10-3-1-7(6-18-10)12(14,15)16/h1-4,6,9H,5,17H2. The molecule has 7 heteroatoms. The summed E-state index contributed by atoms with van der Waals surface area (Å²) in [5.74, 6) is 0. The molecule has 0 radical (unpaired) electrons. The van der Waals surface area contributed by atoms with Crippen LogP contribution in [0.25, 0.3) is 0 Å². The van der Waals surface area contributed by atoms with Crippen molar-refractivity contribution in [3.63, 3.8) is 0 Å². The number of alkyl halides is 3. The van der Waals surface area contributed by atoms with Gasteiger partial charge in [0.2, 0.25) is 0 Å². The smallest absolute Gasteiger partial charge is 0.322 e. The second kappa shape index (κ2) is 5.60. The van der Waals surface area contributed by atoms with E-state index in [1.54, 1.807) is 11.3 Å². The van der Waals surface area contributed by atoms with Crippen LogP contribution in [0.4, 0.5) is 13.2 Å². The number of aromatic nitrogens is 1. The molecule has 19 heavy (non-hydrogen) atoms. The van der Waals surface area contributed by atoms with E-state index in [9.17, 15) is 13.2 Å². The Labute approximate surface area is 120 Å². The molecule has 0 aliphatic rings. The number of thiophene rings is 1. The average molecular weight is 351 g/mol. The van der Waals surface area contributed by atoms with Crippen LogP contribution in [-0.2, 0) is 12.6 Å². The van der Waals surface area contributed by atoms with Crippen LogP contribution in [-0.4, -0.2) is 4.98 Å². The van der Waals surface area contributed by atoms with Crippen LogP contribution in [0.3, 0.4) is 0 Å². The summed E-state index contributed by atoms with van der Waals surface area (Å²) in [5, 5.41) is 0. The fourth-order valence-corrected chi connectivity index (χ4v) is 3.12. The number of nitrogens with two attached hydrogens (primary N) is 1. The lowest BCUT2D eigenvalue weighted by Crippen LogP contribution is -2.15. The summed E-state index contributed by atoms with van der Waals surface area (Å²) in [6.45, 7) is 0. The van der Waals surface area contributed by atoms with Crippen molar-refractivity contribution in [1.82, 2.24) is 4.98 Å². The predicted molar refractivity (Wildman–Crippen MR) is 71.9 cm³/mol. The first-order chi connectivity index (χ1) is 8.86. The van der Waals surface area contributed by atoms with Gasteiger partial charge in [0, 0.05) is 17.5 Å². The highest BCUT2D eigenvalue weighted by atomic mass is 79.9. The molecule has 0 aromatic carbocycles. The molecule has 0 saturated carbocycles. The molecule has 0 saturated heterocycles. The molecule has 2 nitrogen and oxygen atoms in total. The Morgan fingerprint density at radius 1 is 1.26 bits per heavy atom. The molecule has 2 heterocycles. The average Bonchev–Trinajstić information content (AvgIpc) is 2.74. The van der Waals surface area contributed by atoms with Gasteiger partial charge in [-0.05, 0) is 40.2 Å². The van der Waals surface area contributed by atoms with E-state index in [2.05, 4.69) is 20.9 Å². The molecule has 0 fully saturated rings. The fourth-order valence-electron chi connectivity index (χ4n) is 1.58. The number of pyridine rings is 1. The van der Waals surface area contributed by atoms with E-state index < -0.39 is 17.8 Å². The molecule has 2 N–H and O–H groups in total. The molecule has 0 spiro atoms. The minimum Gasteiger partial charge on any atom is -0.322 e. The summed E-state index contributed by atoms with van der Waals surface area (Å²) in [6, 6.07) is 5.77. The van der Waals surface area contributed by atoms with Crippen LogP contribution in [0.15, 0.2) is 34.2 Å². The molecule has 0 aliphatic heterocycles. The fraction of sp³-hybridized carbons (Fsp3) is 0.250. The third-order valence-electron chi connectivity index (χ3n) is 2.54. The van der Waals surface area contributed by atoms with E-state index in [-0.39, 0.29) is 0 Å². The Morgan fingerprint density at radius 3 is 2.47 bits per heavy atom. The number of hydrogen-bond acceptors (Lipinski definition) is 3. The summed E-state index contributed by atoms with van der Waals surface area (Å²) in [4.78, 5) is 4.85. The summed E-state index contributed by atoms with van der Waals surface area (Å²) in [6.07, 6.45) is -3.00. The topological polar surface area (TPSA) is 38.9 Å². The SMILES string of the molecule is NC(Cc1ccc(Br)s1)c1ccc(C(F)(F)F)cn1. The molecule has 0 aliphatic carbocycles. The minimum absolute atomic E-state index is 0.409. The Balaban J connectivity index is 2.09. The van der Waals surface area contributed by atoms with E-state index in [4.69, 9.17) is 5.73 Å². The summed E-state index contributed by atoms with van der Waals surface area (Å²) in [7, 11) is 0. The van der Waals surface area contributed by atoms with Crippen LogP contribution in [0, 0.1) is 0 Å². The maximum absolute atomic E-state index is 12.4. The summed E-state index contributed by atoms with van der Waals surface area (Å²) >= 11 is 4.89. The molecular weight excluding hydrogens is 341 g/mol. The Hall–Kier alpha value is -0.920. The number of nitrogens with zero attached hydrogens (tertiary/aromatic N) is 1. The van der Waals surface area contributed by atoms with Gasteiger partial charge in [0.15, 0.2) is 0 Å². The van der Waals surface area contributed by atoms with Gasteiger partial charge in [-0.2, -0.15) is 13.2 Å². The highest BCUT2D eigenvalue weighted by Gasteiger charge is 2.30. The van der Waals surface area contributed by atoms with Crippen molar-refractivity contribution in [2.24, 2.45) is 5.73 Å². The minimum atomic E-state index is -4.37. The third kappa shape index (κ3) is 3.77. The van der Waals surface area contributed by atoms with E-state index in [0.717, 1.165) is 20.9 Å². The van der Waals surface area contributed by atoms with Gasteiger partial charge in [0.25, 0.3) is 0 Å². The lowest BCUT2D eigenvalue weighted by Gasteiger charge is -2.11. The molecule has 1 unspecified atom stereocenters. The molecule has 2 aromatic rings. The van der Waals surface area contributed by atoms with E-state index in [1.807, 2.05) is 12.1 Å². The third-order valence-corrected chi connectivity index (χ3v) is 4.19. The van der Waals surface area contributed by atoms with Crippen LogP contribution >= 0.6 is 27.3 Å². The number of hydrogen-bond donors (Lipinski definition) is 1. The van der Waals surface area contributed by atoms with Crippen LogP contribution in [0.1, 0.15) is 22.2 Å². The van der Waals surface area contributed by atoms with Crippen molar-refractivity contribution in [2.45, 2.75) is 18.6 Å². The van der Waals surface area contributed by atoms with E-state index in [1.165, 1.54) is 6.07 Å². The Bertz CT molecular complexity index is 551.